The summed E-state index contributed by atoms with van der Waals surface area (Å²) in [7, 11) is 0. The molecule has 1 rings (SSSR count). The number of rotatable bonds is 0. The summed E-state index contributed by atoms with van der Waals surface area (Å²) < 4.78 is -0.0832. The second-order valence-corrected chi connectivity index (χ2v) is 3.19. The molecule has 0 aliphatic carbocycles. The van der Waals surface area contributed by atoms with E-state index in [2.05, 4.69) is 0 Å². The molecule has 0 aromatic rings. The predicted molar refractivity (Wildman–Crippen MR) is 34.4 cm³/mol. The lowest BCUT2D eigenvalue weighted by Gasteiger charge is -1.80. The van der Waals surface area contributed by atoms with E-state index in [-0.39, 0.29) is 15.7 Å². The zero-order valence-corrected chi connectivity index (χ0v) is 6.21. The Balaban J connectivity index is 2.64. The average molecular weight is 226 g/mol. The van der Waals surface area contributed by atoms with Gasteiger partial charge in [0.25, 0.3) is 0 Å². The molecule has 1 aliphatic heterocycles. The van der Waals surface area contributed by atoms with E-state index in [1.807, 2.05) is 22.6 Å². The molecule has 4 heteroatoms. The van der Waals surface area contributed by atoms with Crippen LogP contribution in [0.2, 0.25) is 0 Å². The Kier molecular flexibility index (Phi) is 1.62. The molecule has 1 aliphatic rings. The summed E-state index contributed by atoms with van der Waals surface area (Å²) in [5, 5.41) is 1.18. The molecular formula is C4H5INO2+. The first kappa shape index (κ1) is 6.15. The summed E-state index contributed by atoms with van der Waals surface area (Å²) in [6.45, 7) is 0. The highest BCUT2D eigenvalue weighted by atomic mass is 127. The Bertz CT molecular complexity index is 145. The molecule has 1 saturated heterocycles. The quantitative estimate of drug-likeness (QED) is 0.321. The van der Waals surface area contributed by atoms with Gasteiger partial charge in [0.1, 0.15) is 3.92 Å². The lowest BCUT2D eigenvalue weighted by molar-refractivity contribution is -0.476. The van der Waals surface area contributed by atoms with Gasteiger partial charge >= 0.3 is 11.8 Å². The minimum Gasteiger partial charge on any atom is -0.230 e. The number of nitrogens with two attached hydrogens (primary N) is 1. The minimum absolute atomic E-state index is 0.0319. The van der Waals surface area contributed by atoms with Crippen molar-refractivity contribution < 1.29 is 14.9 Å². The molecule has 0 spiro atoms. The summed E-state index contributed by atoms with van der Waals surface area (Å²) in [5.41, 5.74) is 0. The summed E-state index contributed by atoms with van der Waals surface area (Å²) in [5.74, 6) is -0.0648. The second kappa shape index (κ2) is 2.10. The van der Waals surface area contributed by atoms with E-state index in [1.165, 1.54) is 5.32 Å². The van der Waals surface area contributed by atoms with Crippen LogP contribution in [0.1, 0.15) is 6.42 Å². The van der Waals surface area contributed by atoms with Crippen LogP contribution in [0.25, 0.3) is 0 Å². The lowest BCUT2D eigenvalue weighted by Crippen LogP contribution is -2.88. The van der Waals surface area contributed by atoms with Crippen molar-refractivity contribution in [3.8, 4) is 0 Å². The van der Waals surface area contributed by atoms with Gasteiger partial charge in [0, 0.05) is 0 Å². The van der Waals surface area contributed by atoms with Crippen molar-refractivity contribution in [1.82, 2.24) is 0 Å². The first-order valence-electron chi connectivity index (χ1n) is 2.25. The lowest BCUT2D eigenvalue weighted by atomic mass is 10.4. The van der Waals surface area contributed by atoms with Crippen LogP contribution in [0.3, 0.4) is 0 Å². The van der Waals surface area contributed by atoms with E-state index in [4.69, 9.17) is 0 Å². The number of carbonyl (C=O) groups excluding carboxylic acids is 2. The van der Waals surface area contributed by atoms with Crippen LogP contribution < -0.4 is 5.32 Å². The first-order valence-corrected chi connectivity index (χ1v) is 3.50. The smallest absolute Gasteiger partial charge is 0.230 e. The molecule has 2 amide bonds. The van der Waals surface area contributed by atoms with Crippen molar-refractivity contribution in [2.45, 2.75) is 10.3 Å². The molecule has 8 heavy (non-hydrogen) atoms. The topological polar surface area (TPSA) is 50.8 Å². The van der Waals surface area contributed by atoms with Crippen LogP contribution in [0.15, 0.2) is 0 Å². The summed E-state index contributed by atoms with van der Waals surface area (Å²) in [6.07, 6.45) is 0.402. The second-order valence-electron chi connectivity index (χ2n) is 1.68. The molecule has 1 heterocycles. The van der Waals surface area contributed by atoms with Crippen LogP contribution in [0.5, 0.6) is 0 Å². The standard InChI is InChI=1S/C4H4INO2/c5-2-1-3(7)6-4(2)8/h2H,1H2,(H,6,7,8)/p+1. The van der Waals surface area contributed by atoms with Gasteiger partial charge in [-0.2, -0.15) is 0 Å². The van der Waals surface area contributed by atoms with Crippen molar-refractivity contribution in [3.05, 3.63) is 0 Å². The van der Waals surface area contributed by atoms with Gasteiger partial charge in [0.15, 0.2) is 0 Å². The maximum Gasteiger partial charge on any atom is 0.331 e. The van der Waals surface area contributed by atoms with Crippen LogP contribution in [0.4, 0.5) is 0 Å². The maximum absolute atomic E-state index is 10.5. The van der Waals surface area contributed by atoms with Crippen molar-refractivity contribution >= 4 is 34.4 Å². The van der Waals surface area contributed by atoms with Gasteiger partial charge in [0.05, 0.1) is 6.42 Å². The van der Waals surface area contributed by atoms with E-state index in [0.29, 0.717) is 6.42 Å². The van der Waals surface area contributed by atoms with Gasteiger partial charge in [-0.1, -0.05) is 22.6 Å². The summed E-state index contributed by atoms with van der Waals surface area (Å²) in [4.78, 5) is 20.9. The van der Waals surface area contributed by atoms with Gasteiger partial charge in [-0.05, 0) is 0 Å². The Morgan fingerprint density at radius 3 is 2.38 bits per heavy atom. The molecule has 0 aromatic carbocycles. The van der Waals surface area contributed by atoms with Gasteiger partial charge in [-0.15, -0.1) is 0 Å². The number of amides is 2. The summed E-state index contributed by atoms with van der Waals surface area (Å²) >= 11 is 1.97. The minimum atomic E-state index is -0.0832. The Morgan fingerprint density at radius 2 is 2.25 bits per heavy atom. The highest BCUT2D eigenvalue weighted by Crippen LogP contribution is 2.05. The number of hydrogen-bond acceptors (Lipinski definition) is 2. The van der Waals surface area contributed by atoms with Gasteiger partial charge in [0.2, 0.25) is 0 Å². The fourth-order valence-electron chi connectivity index (χ4n) is 0.585. The molecule has 3 nitrogen and oxygen atoms in total. The highest BCUT2D eigenvalue weighted by Gasteiger charge is 2.33. The van der Waals surface area contributed by atoms with Crippen LogP contribution in [-0.4, -0.2) is 15.7 Å². The Hall–Kier alpha value is 0.0300. The van der Waals surface area contributed by atoms with Crippen molar-refractivity contribution in [3.63, 3.8) is 0 Å². The Morgan fingerprint density at radius 1 is 1.62 bits per heavy atom. The fourth-order valence-corrected chi connectivity index (χ4v) is 1.20. The van der Waals surface area contributed by atoms with E-state index in [1.54, 1.807) is 0 Å². The average Bonchev–Trinajstić information content (AvgIpc) is 1.85. The first-order chi connectivity index (χ1) is 3.70. The number of hydrogen-bond donors (Lipinski definition) is 1. The third-order valence-corrected chi connectivity index (χ3v) is 2.05. The zero-order valence-electron chi connectivity index (χ0n) is 4.06. The van der Waals surface area contributed by atoms with E-state index >= 15 is 0 Å². The molecule has 44 valence electrons. The van der Waals surface area contributed by atoms with E-state index < -0.39 is 0 Å². The van der Waals surface area contributed by atoms with Gasteiger partial charge in [-0.3, -0.25) is 0 Å². The largest absolute Gasteiger partial charge is 0.331 e. The normalized spacial score (nSPS) is 29.4. The number of primary amides is 2. The number of quaternary nitrogens is 1. The molecule has 0 radical (unpaired) electrons. The van der Waals surface area contributed by atoms with Crippen molar-refractivity contribution in [2.75, 3.05) is 0 Å². The highest BCUT2D eigenvalue weighted by molar-refractivity contribution is 14.1. The molecule has 2 N–H and O–H groups in total. The molecule has 0 aromatic heterocycles. The Labute approximate surface area is 60.0 Å². The third kappa shape index (κ3) is 1.05. The van der Waals surface area contributed by atoms with Crippen molar-refractivity contribution in [2.24, 2.45) is 0 Å². The van der Waals surface area contributed by atoms with Crippen LogP contribution in [-0.2, 0) is 9.59 Å². The van der Waals surface area contributed by atoms with Gasteiger partial charge in [-0.25, -0.2) is 14.9 Å². The SMILES string of the molecule is O=C1CC(I)C(=O)[NH2+]1. The van der Waals surface area contributed by atoms with Gasteiger partial charge < -0.3 is 0 Å². The molecule has 0 bridgehead atoms. The molecule has 1 fully saturated rings. The van der Waals surface area contributed by atoms with Crippen molar-refractivity contribution in [1.29, 1.82) is 0 Å². The fraction of sp³-hybridized carbons (Fsp3) is 0.500. The molecule has 1 atom stereocenters. The third-order valence-electron chi connectivity index (χ3n) is 0.992. The number of carbonyl (C=O) groups is 2. The van der Waals surface area contributed by atoms with E-state index in [0.717, 1.165) is 0 Å². The van der Waals surface area contributed by atoms with E-state index in [9.17, 15) is 9.59 Å². The molecule has 0 saturated carbocycles. The number of imide groups is 1. The monoisotopic (exact) mass is 226 g/mol. The molecular weight excluding hydrogens is 221 g/mol. The number of halogens is 1. The number of alkyl halides is 1. The summed E-state index contributed by atoms with van der Waals surface area (Å²) in [6, 6.07) is 0. The zero-order chi connectivity index (χ0) is 6.15. The predicted octanol–water partition coefficient (Wildman–Crippen LogP) is -1.19. The maximum atomic E-state index is 10.5. The van der Waals surface area contributed by atoms with Crippen LogP contribution in [0, 0.1) is 0 Å². The van der Waals surface area contributed by atoms with Crippen LogP contribution >= 0.6 is 22.6 Å². The molecule has 1 unspecified atom stereocenters.